The zero-order valence-electron chi connectivity index (χ0n) is 24.9. The monoisotopic (exact) mass is 585 g/mol. The molecular weight excluding hydrogens is 558 g/mol. The minimum absolute atomic E-state index is 0.902. The van der Waals surface area contributed by atoms with Crippen LogP contribution < -0.4 is 4.74 Å². The molecule has 214 valence electrons. The molecule has 1 aromatic heterocycles. The van der Waals surface area contributed by atoms with Crippen LogP contribution >= 0.6 is 0 Å². The van der Waals surface area contributed by atoms with Crippen LogP contribution in [-0.2, 0) is 0 Å². The first-order valence-electron chi connectivity index (χ1n) is 15.8. The molecule has 0 saturated carbocycles. The van der Waals surface area contributed by atoms with E-state index < -0.39 is 0 Å². The van der Waals surface area contributed by atoms with Gasteiger partial charge in [-0.15, -0.1) is 0 Å². The Balaban J connectivity index is 1.14. The second-order valence-electron chi connectivity index (χ2n) is 12.1. The van der Waals surface area contributed by atoms with E-state index in [0.717, 1.165) is 22.7 Å². The molecule has 2 heterocycles. The minimum Gasteiger partial charge on any atom is -0.456 e. The number of aromatic nitrogens is 1. The van der Waals surface area contributed by atoms with Crippen molar-refractivity contribution in [2.75, 3.05) is 0 Å². The van der Waals surface area contributed by atoms with Crippen molar-refractivity contribution in [1.29, 1.82) is 0 Å². The lowest BCUT2D eigenvalue weighted by Crippen LogP contribution is -1.97. The van der Waals surface area contributed by atoms with Crippen molar-refractivity contribution in [3.63, 3.8) is 0 Å². The van der Waals surface area contributed by atoms with Crippen molar-refractivity contribution in [2.45, 2.75) is 0 Å². The number of ether oxygens (including phenoxy) is 1. The van der Waals surface area contributed by atoms with Gasteiger partial charge in [-0.2, -0.15) is 0 Å². The maximum absolute atomic E-state index is 6.36. The summed E-state index contributed by atoms with van der Waals surface area (Å²) in [4.78, 5) is 0. The highest BCUT2D eigenvalue weighted by molar-refractivity contribution is 6.23. The number of para-hydroxylation sites is 2. The van der Waals surface area contributed by atoms with Gasteiger partial charge in [-0.3, -0.25) is 0 Å². The third-order valence-electron chi connectivity index (χ3n) is 9.58. The standard InChI is InChI=1S/C44H27NO/c1-2-12-33(13-3-1)45-39-25-23-29-9-4-5-14-34(29)43(39)37-17-8-15-35(44(37)45)30-21-19-28(20-22-30)32-24-26-40-38(27-32)36-16-6-10-31-11-7-18-41(46-40)42(31)36/h1-27H. The number of nitrogens with zero attached hydrogens (tertiary/aromatic N) is 1. The van der Waals surface area contributed by atoms with Crippen LogP contribution in [0.25, 0.3) is 82.4 Å². The molecule has 0 fully saturated rings. The molecule has 0 unspecified atom stereocenters. The Hall–Kier alpha value is -6.12. The van der Waals surface area contributed by atoms with E-state index in [1.807, 2.05) is 0 Å². The van der Waals surface area contributed by atoms with Gasteiger partial charge in [0.05, 0.1) is 11.0 Å². The van der Waals surface area contributed by atoms with Crippen LogP contribution in [0, 0.1) is 0 Å². The summed E-state index contributed by atoms with van der Waals surface area (Å²) in [7, 11) is 0. The van der Waals surface area contributed by atoms with Gasteiger partial charge in [0.1, 0.15) is 11.5 Å². The zero-order chi connectivity index (χ0) is 30.2. The van der Waals surface area contributed by atoms with Gasteiger partial charge in [-0.05, 0) is 74.8 Å². The van der Waals surface area contributed by atoms with Gasteiger partial charge < -0.3 is 9.30 Å². The molecule has 0 atom stereocenters. The van der Waals surface area contributed by atoms with E-state index in [2.05, 4.69) is 168 Å². The quantitative estimate of drug-likeness (QED) is 0.201. The van der Waals surface area contributed by atoms with Crippen molar-refractivity contribution in [3.05, 3.63) is 164 Å². The molecule has 9 aromatic rings. The molecule has 8 aromatic carbocycles. The van der Waals surface area contributed by atoms with Gasteiger partial charge in [0, 0.05) is 33.0 Å². The Kier molecular flexibility index (Phi) is 5.31. The van der Waals surface area contributed by atoms with Crippen LogP contribution in [-0.4, -0.2) is 4.57 Å². The van der Waals surface area contributed by atoms with E-state index in [0.29, 0.717) is 0 Å². The summed E-state index contributed by atoms with van der Waals surface area (Å²) < 4.78 is 8.79. The number of hydrogen-bond acceptors (Lipinski definition) is 1. The van der Waals surface area contributed by atoms with Gasteiger partial charge in [-0.25, -0.2) is 0 Å². The number of rotatable bonds is 3. The van der Waals surface area contributed by atoms with Gasteiger partial charge >= 0.3 is 0 Å². The van der Waals surface area contributed by atoms with Crippen LogP contribution in [0.4, 0.5) is 0 Å². The fourth-order valence-corrected chi connectivity index (χ4v) is 7.50. The largest absolute Gasteiger partial charge is 0.456 e. The van der Waals surface area contributed by atoms with Gasteiger partial charge in [0.15, 0.2) is 0 Å². The fraction of sp³-hybridized carbons (Fsp3) is 0. The predicted octanol–water partition coefficient (Wildman–Crippen LogP) is 12.2. The molecule has 0 spiro atoms. The van der Waals surface area contributed by atoms with Gasteiger partial charge in [0.2, 0.25) is 0 Å². The van der Waals surface area contributed by atoms with E-state index >= 15 is 0 Å². The average Bonchev–Trinajstić information content (AvgIpc) is 3.47. The fourth-order valence-electron chi connectivity index (χ4n) is 7.50. The molecule has 10 rings (SSSR count). The van der Waals surface area contributed by atoms with E-state index in [1.54, 1.807) is 0 Å². The van der Waals surface area contributed by atoms with Crippen LogP contribution in [0.3, 0.4) is 0 Å². The summed E-state index contributed by atoms with van der Waals surface area (Å²) >= 11 is 0. The van der Waals surface area contributed by atoms with E-state index in [9.17, 15) is 0 Å². The average molecular weight is 586 g/mol. The summed E-state index contributed by atoms with van der Waals surface area (Å²) in [6.07, 6.45) is 0. The summed E-state index contributed by atoms with van der Waals surface area (Å²) in [6, 6.07) is 59.0. The predicted molar refractivity (Wildman–Crippen MR) is 192 cm³/mol. The summed E-state index contributed by atoms with van der Waals surface area (Å²) in [5.74, 6) is 1.83. The van der Waals surface area contributed by atoms with Gasteiger partial charge in [0.25, 0.3) is 0 Å². The first kappa shape index (κ1) is 25.2. The number of fused-ring (bicyclic) bond motifs is 7. The summed E-state index contributed by atoms with van der Waals surface area (Å²) in [5, 5.41) is 7.48. The first-order chi connectivity index (χ1) is 22.8. The second-order valence-corrected chi connectivity index (χ2v) is 12.1. The normalized spacial score (nSPS) is 12.1. The first-order valence-corrected chi connectivity index (χ1v) is 15.8. The van der Waals surface area contributed by atoms with Crippen LogP contribution in [0.2, 0.25) is 0 Å². The Morgan fingerprint density at radius 1 is 0.391 bits per heavy atom. The molecule has 2 heteroatoms. The molecule has 0 saturated heterocycles. The van der Waals surface area contributed by atoms with Gasteiger partial charge in [-0.1, -0.05) is 127 Å². The molecule has 2 nitrogen and oxygen atoms in total. The van der Waals surface area contributed by atoms with Crippen molar-refractivity contribution < 1.29 is 4.74 Å². The second kappa shape index (κ2) is 9.69. The smallest absolute Gasteiger partial charge is 0.135 e. The zero-order valence-corrected chi connectivity index (χ0v) is 24.9. The van der Waals surface area contributed by atoms with Crippen LogP contribution in [0.1, 0.15) is 0 Å². The highest BCUT2D eigenvalue weighted by atomic mass is 16.5. The van der Waals surface area contributed by atoms with Crippen LogP contribution in [0.5, 0.6) is 11.5 Å². The lowest BCUT2D eigenvalue weighted by atomic mass is 9.92. The minimum atomic E-state index is 0.902. The van der Waals surface area contributed by atoms with E-state index in [-0.39, 0.29) is 0 Å². The molecular formula is C44H27NO. The third-order valence-corrected chi connectivity index (χ3v) is 9.58. The van der Waals surface area contributed by atoms with Crippen molar-refractivity contribution in [1.82, 2.24) is 4.57 Å². The van der Waals surface area contributed by atoms with Crippen molar-refractivity contribution >= 4 is 43.4 Å². The van der Waals surface area contributed by atoms with E-state index in [1.165, 1.54) is 71.2 Å². The highest BCUT2D eigenvalue weighted by Crippen LogP contribution is 2.48. The Morgan fingerprint density at radius 3 is 1.98 bits per heavy atom. The maximum atomic E-state index is 6.36. The molecule has 1 aliphatic heterocycles. The molecule has 0 radical (unpaired) electrons. The molecule has 0 bridgehead atoms. The Morgan fingerprint density at radius 2 is 1.09 bits per heavy atom. The van der Waals surface area contributed by atoms with Crippen LogP contribution in [0.15, 0.2) is 164 Å². The van der Waals surface area contributed by atoms with Crippen molar-refractivity contribution in [3.8, 4) is 50.6 Å². The molecule has 0 N–H and O–H groups in total. The summed E-state index contributed by atoms with van der Waals surface area (Å²) in [5.41, 5.74) is 10.7. The molecule has 0 aliphatic carbocycles. The highest BCUT2D eigenvalue weighted by Gasteiger charge is 2.21. The molecule has 0 amide bonds. The molecule has 46 heavy (non-hydrogen) atoms. The lowest BCUT2D eigenvalue weighted by molar-refractivity contribution is 0.487. The maximum Gasteiger partial charge on any atom is 0.135 e. The number of benzene rings is 8. The topological polar surface area (TPSA) is 14.2 Å². The lowest BCUT2D eigenvalue weighted by Gasteiger charge is -2.22. The summed E-state index contributed by atoms with van der Waals surface area (Å²) in [6.45, 7) is 0. The SMILES string of the molecule is c1ccc(-n2c3ccc4ccccc4c3c3cccc(-c4ccc(-c5ccc6c(c5)-c5cccc7cccc(c57)O6)cc4)c32)cc1. The van der Waals surface area contributed by atoms with Crippen molar-refractivity contribution in [2.24, 2.45) is 0 Å². The molecule has 1 aliphatic rings. The van der Waals surface area contributed by atoms with E-state index in [4.69, 9.17) is 4.74 Å². The Bertz CT molecular complexity index is 2640. The number of hydrogen-bond donors (Lipinski definition) is 0. The third kappa shape index (κ3) is 3.65. The Labute approximate surface area is 266 Å².